The number of carbonyl (C=O) groups is 4. The van der Waals surface area contributed by atoms with Crippen molar-refractivity contribution in [2.24, 2.45) is 0 Å². The topological polar surface area (TPSA) is 432 Å². The fourth-order valence-corrected chi connectivity index (χ4v) is 7.25. The van der Waals surface area contributed by atoms with Crippen LogP contribution in [-0.4, -0.2) is 245 Å². The predicted molar refractivity (Wildman–Crippen MR) is 186 cm³/mol. The Bertz CT molecular complexity index is 1470. The van der Waals surface area contributed by atoms with Crippen LogP contribution in [0.25, 0.3) is 0 Å². The zero-order valence-electron chi connectivity index (χ0n) is 32.4. The Morgan fingerprint density at radius 3 is 1.80 bits per heavy atom. The molecule has 4 aliphatic rings. The van der Waals surface area contributed by atoms with E-state index in [1.165, 1.54) is 0 Å². The zero-order valence-corrected chi connectivity index (χ0v) is 32.4. The lowest BCUT2D eigenvalue weighted by Crippen LogP contribution is -2.69. The minimum Gasteiger partial charge on any atom is -0.477 e. The Balaban J connectivity index is 1.50. The number of carboxylic acid groups (broad SMARTS) is 1. The molecule has 27 heteroatoms. The summed E-state index contributed by atoms with van der Waals surface area (Å²) in [5, 5.41) is 144. The molecule has 0 spiro atoms. The van der Waals surface area contributed by atoms with Gasteiger partial charge in [0.15, 0.2) is 18.9 Å². The van der Waals surface area contributed by atoms with E-state index < -0.39 is 185 Å². The molecule has 4 heterocycles. The maximum Gasteiger partial charge on any atom is 0.364 e. The number of aliphatic hydroxyl groups excluding tert-OH is 12. The third-order valence-electron chi connectivity index (χ3n) is 10.4. The Hall–Kier alpha value is -2.88. The van der Waals surface area contributed by atoms with Gasteiger partial charge in [0.1, 0.15) is 91.4 Å². The van der Waals surface area contributed by atoms with Gasteiger partial charge < -0.3 is 115 Å². The van der Waals surface area contributed by atoms with Crippen molar-refractivity contribution in [1.82, 2.24) is 16.0 Å². The molecule has 0 saturated carbocycles. The Labute approximate surface area is 340 Å². The van der Waals surface area contributed by atoms with Crippen LogP contribution in [0.4, 0.5) is 0 Å². The van der Waals surface area contributed by atoms with Gasteiger partial charge in [0.05, 0.1) is 38.6 Å². The van der Waals surface area contributed by atoms with Crippen molar-refractivity contribution in [3.63, 3.8) is 0 Å². The molecular weight excluding hydrogens is 822 g/mol. The summed E-state index contributed by atoms with van der Waals surface area (Å²) in [7, 11) is 0. The van der Waals surface area contributed by atoms with Crippen LogP contribution in [0, 0.1) is 0 Å². The van der Waals surface area contributed by atoms with Crippen LogP contribution in [0.3, 0.4) is 0 Å². The Morgan fingerprint density at radius 2 is 1.23 bits per heavy atom. The lowest BCUT2D eigenvalue weighted by atomic mass is 9.88. The first-order valence-corrected chi connectivity index (χ1v) is 18.7. The van der Waals surface area contributed by atoms with E-state index in [9.17, 15) is 85.6 Å². The molecule has 4 saturated heterocycles. The molecule has 3 amide bonds. The maximum absolute atomic E-state index is 12.6. The lowest BCUT2D eigenvalue weighted by molar-refractivity contribution is -0.361. The van der Waals surface area contributed by atoms with Crippen molar-refractivity contribution in [2.75, 3.05) is 26.4 Å². The molecule has 0 unspecified atom stereocenters. The van der Waals surface area contributed by atoms with E-state index in [0.29, 0.717) is 0 Å². The summed E-state index contributed by atoms with van der Waals surface area (Å²) in [6, 6.07) is -4.52. The third-order valence-corrected chi connectivity index (χ3v) is 10.4. The minimum atomic E-state index is -2.91. The number of rotatable bonds is 16. The molecule has 27 nitrogen and oxygen atoms in total. The highest BCUT2D eigenvalue weighted by molar-refractivity contribution is 5.76. The Morgan fingerprint density at radius 1 is 0.683 bits per heavy atom. The van der Waals surface area contributed by atoms with Crippen LogP contribution in [0.15, 0.2) is 0 Å². The first kappa shape index (κ1) is 49.8. The van der Waals surface area contributed by atoms with E-state index in [1.54, 1.807) is 0 Å². The monoisotopic (exact) mass is 877 g/mol. The standard InChI is InChI=1S/C33H55N3O24/c1-9(39)34-17-12(42)4-33(32(52)53,60-28(17)20(44)13(43)5-37)55-8-16-22(46)25(49)26(50)31(58-16)59-27-14(6-38)57-30(19(24(27)48)36-11(3)41)54-7-15-21(45)23(47)18(29(51)56-15)35-10(2)40/h12-31,37-38,42-51H,4-8H2,1-3H3,(H,34,39)(H,35,40)(H,36,41)(H,52,53)/t12-,13+,14+,15+,16+,17+,18-,19+,20+,21+,22+,23+,24+,25-,26-,27+,28+,29+,30+,31-,33+/m0/s1. The summed E-state index contributed by atoms with van der Waals surface area (Å²) in [6.45, 7) is -0.536. The molecule has 346 valence electrons. The molecule has 0 aliphatic carbocycles. The molecule has 4 fully saturated rings. The third kappa shape index (κ3) is 11.2. The minimum absolute atomic E-state index is 0.647. The van der Waals surface area contributed by atoms with E-state index in [-0.39, 0.29) is 0 Å². The molecule has 60 heavy (non-hydrogen) atoms. The van der Waals surface area contributed by atoms with Gasteiger partial charge in [0, 0.05) is 27.2 Å². The molecular formula is C33H55N3O24. The van der Waals surface area contributed by atoms with Gasteiger partial charge in [-0.1, -0.05) is 0 Å². The number of hydrogen-bond donors (Lipinski definition) is 16. The quantitative estimate of drug-likeness (QED) is 0.0684. The molecule has 4 aliphatic heterocycles. The van der Waals surface area contributed by atoms with E-state index in [2.05, 4.69) is 16.0 Å². The summed E-state index contributed by atoms with van der Waals surface area (Å²) < 4.78 is 39.1. The molecule has 0 bridgehead atoms. The van der Waals surface area contributed by atoms with Crippen molar-refractivity contribution in [3.8, 4) is 0 Å². The summed E-state index contributed by atoms with van der Waals surface area (Å²) in [5.74, 6) is -6.99. The van der Waals surface area contributed by atoms with Gasteiger partial charge >= 0.3 is 5.97 Å². The fraction of sp³-hybridized carbons (Fsp3) is 0.879. The van der Waals surface area contributed by atoms with Crippen LogP contribution in [0.2, 0.25) is 0 Å². The van der Waals surface area contributed by atoms with Crippen molar-refractivity contribution in [3.05, 3.63) is 0 Å². The summed E-state index contributed by atoms with van der Waals surface area (Å²) in [6.07, 6.45) is -32.7. The lowest BCUT2D eigenvalue weighted by Gasteiger charge is -2.48. The zero-order chi connectivity index (χ0) is 45.0. The number of amides is 3. The van der Waals surface area contributed by atoms with Gasteiger partial charge in [-0.05, 0) is 0 Å². The van der Waals surface area contributed by atoms with E-state index >= 15 is 0 Å². The molecule has 21 atom stereocenters. The van der Waals surface area contributed by atoms with Crippen LogP contribution >= 0.6 is 0 Å². The maximum atomic E-state index is 12.6. The van der Waals surface area contributed by atoms with Crippen LogP contribution < -0.4 is 16.0 Å². The molecule has 0 radical (unpaired) electrons. The van der Waals surface area contributed by atoms with E-state index in [4.69, 9.17) is 33.2 Å². The second-order valence-electron chi connectivity index (χ2n) is 14.9. The van der Waals surface area contributed by atoms with Crippen LogP contribution in [0.1, 0.15) is 27.2 Å². The van der Waals surface area contributed by atoms with Crippen LogP contribution in [0.5, 0.6) is 0 Å². The van der Waals surface area contributed by atoms with Gasteiger partial charge in [0.2, 0.25) is 17.7 Å². The molecule has 16 N–H and O–H groups in total. The SMILES string of the molecule is CC(=O)N[C@H]1[C@H](OC[C@H]2O[C@@H](O)[C@@H](NC(C)=O)[C@@H](O)[C@@H]2O)O[C@H](CO)[C@@H](O[C@@H]2O[C@H](CO[C@]3(C(=O)O)C[C@H](O)[C@@H](NC(C)=O)[C@H]([C@H](O)[C@H](O)CO)O3)[C@@H](O)[C@H](O)[C@@H]2O)[C@@H]1O. The molecule has 0 aromatic heterocycles. The van der Waals surface area contributed by atoms with Crippen molar-refractivity contribution < 1.29 is 119 Å². The highest BCUT2D eigenvalue weighted by atomic mass is 16.8. The largest absolute Gasteiger partial charge is 0.477 e. The second-order valence-corrected chi connectivity index (χ2v) is 14.9. The number of carbonyl (C=O) groups excluding carboxylic acids is 3. The number of aliphatic hydroxyl groups is 12. The number of hydrogen-bond acceptors (Lipinski definition) is 23. The first-order chi connectivity index (χ1) is 28.1. The first-order valence-electron chi connectivity index (χ1n) is 18.7. The molecule has 0 aromatic rings. The number of nitrogens with one attached hydrogen (secondary N) is 3. The van der Waals surface area contributed by atoms with Gasteiger partial charge in [-0.25, -0.2) is 4.79 Å². The normalized spacial score (nSPS) is 43.3. The predicted octanol–water partition coefficient (Wildman–Crippen LogP) is -10.1. The van der Waals surface area contributed by atoms with Crippen molar-refractivity contribution in [2.45, 2.75) is 155 Å². The van der Waals surface area contributed by atoms with E-state index in [0.717, 1.165) is 20.8 Å². The van der Waals surface area contributed by atoms with Crippen molar-refractivity contribution in [1.29, 1.82) is 0 Å². The number of ether oxygens (including phenoxy) is 7. The van der Waals surface area contributed by atoms with Crippen LogP contribution in [-0.2, 0) is 52.3 Å². The van der Waals surface area contributed by atoms with Gasteiger partial charge in [-0.2, -0.15) is 0 Å². The number of aliphatic carboxylic acids is 1. The van der Waals surface area contributed by atoms with E-state index in [1.807, 2.05) is 0 Å². The molecule has 0 aromatic carbocycles. The summed E-state index contributed by atoms with van der Waals surface area (Å²) >= 11 is 0. The van der Waals surface area contributed by atoms with Crippen molar-refractivity contribution >= 4 is 23.7 Å². The van der Waals surface area contributed by atoms with Gasteiger partial charge in [0.25, 0.3) is 5.79 Å². The van der Waals surface area contributed by atoms with Gasteiger partial charge in [-0.15, -0.1) is 0 Å². The average Bonchev–Trinajstić information content (AvgIpc) is 3.18. The average molecular weight is 878 g/mol. The molecule has 4 rings (SSSR count). The highest BCUT2D eigenvalue weighted by Crippen LogP contribution is 2.36. The highest BCUT2D eigenvalue weighted by Gasteiger charge is 2.58. The summed E-state index contributed by atoms with van der Waals surface area (Å²) in [5.41, 5.74) is 0. The second kappa shape index (κ2) is 21.0. The smallest absolute Gasteiger partial charge is 0.364 e. The Kier molecular flexibility index (Phi) is 17.4. The van der Waals surface area contributed by atoms with Gasteiger partial charge in [-0.3, -0.25) is 14.4 Å². The summed E-state index contributed by atoms with van der Waals surface area (Å²) in [4.78, 5) is 48.1. The number of carboxylic acids is 1. The fourth-order valence-electron chi connectivity index (χ4n) is 7.25.